The summed E-state index contributed by atoms with van der Waals surface area (Å²) in [5.74, 6) is 0.592. The Morgan fingerprint density at radius 1 is 1.31 bits per heavy atom. The van der Waals surface area contributed by atoms with E-state index in [9.17, 15) is 0 Å². The van der Waals surface area contributed by atoms with Crippen LogP contribution in [0.3, 0.4) is 0 Å². The first-order chi connectivity index (χ1) is 7.58. The highest BCUT2D eigenvalue weighted by molar-refractivity contribution is 5.14. The van der Waals surface area contributed by atoms with E-state index in [0.29, 0.717) is 5.92 Å². The van der Waals surface area contributed by atoms with Crippen LogP contribution in [0.15, 0.2) is 43.0 Å². The van der Waals surface area contributed by atoms with Crippen molar-refractivity contribution < 1.29 is 0 Å². The predicted octanol–water partition coefficient (Wildman–Crippen LogP) is 3.77. The first kappa shape index (κ1) is 13.0. The van der Waals surface area contributed by atoms with E-state index in [1.165, 1.54) is 5.56 Å². The molecule has 88 valence electrons. The lowest BCUT2D eigenvalue weighted by Gasteiger charge is -2.34. The van der Waals surface area contributed by atoms with Crippen molar-refractivity contribution in [3.05, 3.63) is 48.6 Å². The maximum absolute atomic E-state index is 3.84. The molecule has 16 heavy (non-hydrogen) atoms. The van der Waals surface area contributed by atoms with E-state index < -0.39 is 0 Å². The van der Waals surface area contributed by atoms with Gasteiger partial charge in [-0.1, -0.05) is 50.3 Å². The van der Waals surface area contributed by atoms with Crippen LogP contribution < -0.4 is 5.32 Å². The first-order valence-corrected chi connectivity index (χ1v) is 5.98. The molecule has 1 rings (SSSR count). The number of rotatable bonds is 6. The molecule has 0 saturated heterocycles. The summed E-state index contributed by atoms with van der Waals surface area (Å²) in [5.41, 5.74) is 1.47. The van der Waals surface area contributed by atoms with Gasteiger partial charge in [-0.15, -0.1) is 6.58 Å². The van der Waals surface area contributed by atoms with Crippen molar-refractivity contribution in [2.45, 2.75) is 39.3 Å². The molecule has 0 fully saturated rings. The molecule has 0 radical (unpaired) electrons. The van der Waals surface area contributed by atoms with Gasteiger partial charge in [0.05, 0.1) is 0 Å². The van der Waals surface area contributed by atoms with Gasteiger partial charge in [0.25, 0.3) is 0 Å². The molecule has 0 aromatic heterocycles. The topological polar surface area (TPSA) is 12.0 Å². The van der Waals surface area contributed by atoms with Gasteiger partial charge in [0, 0.05) is 12.1 Å². The molecule has 1 aromatic rings. The summed E-state index contributed by atoms with van der Waals surface area (Å²) in [5, 5.41) is 3.64. The number of hydrogen-bond donors (Lipinski definition) is 1. The fourth-order valence-electron chi connectivity index (χ4n) is 1.71. The molecule has 0 heterocycles. The summed E-state index contributed by atoms with van der Waals surface area (Å²) in [4.78, 5) is 0. The monoisotopic (exact) mass is 217 g/mol. The van der Waals surface area contributed by atoms with Crippen LogP contribution in [0, 0.1) is 5.92 Å². The lowest BCUT2D eigenvalue weighted by molar-refractivity contribution is 0.261. The molecule has 0 aliphatic rings. The van der Waals surface area contributed by atoms with Gasteiger partial charge in [-0.05, 0) is 24.8 Å². The fourth-order valence-corrected chi connectivity index (χ4v) is 1.71. The molecule has 1 heteroatoms. The average Bonchev–Trinajstić information content (AvgIpc) is 2.28. The van der Waals surface area contributed by atoms with Gasteiger partial charge in [0.2, 0.25) is 0 Å². The maximum Gasteiger partial charge on any atom is 0.0213 e. The minimum Gasteiger partial charge on any atom is -0.307 e. The van der Waals surface area contributed by atoms with E-state index in [1.54, 1.807) is 0 Å². The van der Waals surface area contributed by atoms with Crippen LogP contribution in [0.2, 0.25) is 0 Å². The molecule has 0 bridgehead atoms. The standard InChI is InChI=1S/C15H23N/c1-5-11-15(4,13(2)3)16-12-14-9-7-6-8-10-14/h5-10,13,16H,1,11-12H2,2-4H3. The second-order valence-electron chi connectivity index (χ2n) is 4.90. The smallest absolute Gasteiger partial charge is 0.0213 e. The molecule has 1 N–H and O–H groups in total. The fraction of sp³-hybridized carbons (Fsp3) is 0.467. The van der Waals surface area contributed by atoms with E-state index in [-0.39, 0.29) is 5.54 Å². The van der Waals surface area contributed by atoms with Crippen molar-refractivity contribution in [2.24, 2.45) is 5.92 Å². The predicted molar refractivity (Wildman–Crippen MR) is 71.3 cm³/mol. The molecule has 0 amide bonds. The van der Waals surface area contributed by atoms with Gasteiger partial charge in [0.15, 0.2) is 0 Å². The Bertz CT molecular complexity index is 315. The molecule has 1 atom stereocenters. The minimum absolute atomic E-state index is 0.136. The highest BCUT2D eigenvalue weighted by Crippen LogP contribution is 2.21. The summed E-state index contributed by atoms with van der Waals surface area (Å²) in [6.07, 6.45) is 3.00. The highest BCUT2D eigenvalue weighted by Gasteiger charge is 2.25. The van der Waals surface area contributed by atoms with Crippen LogP contribution in [-0.4, -0.2) is 5.54 Å². The van der Waals surface area contributed by atoms with Crippen LogP contribution >= 0.6 is 0 Å². The van der Waals surface area contributed by atoms with Crippen LogP contribution in [0.25, 0.3) is 0 Å². The van der Waals surface area contributed by atoms with Crippen molar-refractivity contribution in [3.8, 4) is 0 Å². The second-order valence-corrected chi connectivity index (χ2v) is 4.90. The zero-order chi connectivity index (χ0) is 12.0. The molecule has 1 unspecified atom stereocenters. The largest absolute Gasteiger partial charge is 0.307 e. The third-order valence-corrected chi connectivity index (χ3v) is 3.38. The molecular formula is C15H23N. The molecule has 0 aliphatic heterocycles. The number of benzene rings is 1. The van der Waals surface area contributed by atoms with E-state index >= 15 is 0 Å². The second kappa shape index (κ2) is 5.86. The average molecular weight is 217 g/mol. The van der Waals surface area contributed by atoms with Crippen LogP contribution in [0.1, 0.15) is 32.8 Å². The van der Waals surface area contributed by atoms with Gasteiger partial charge in [-0.3, -0.25) is 0 Å². The quantitative estimate of drug-likeness (QED) is 0.715. The third kappa shape index (κ3) is 3.49. The zero-order valence-corrected chi connectivity index (χ0v) is 10.7. The summed E-state index contributed by atoms with van der Waals surface area (Å²) in [6, 6.07) is 10.5. The van der Waals surface area contributed by atoms with Crippen LogP contribution in [0.5, 0.6) is 0 Å². The van der Waals surface area contributed by atoms with Gasteiger partial charge in [-0.2, -0.15) is 0 Å². The molecule has 1 nitrogen and oxygen atoms in total. The Labute approximate surface area is 99.6 Å². The van der Waals surface area contributed by atoms with Crippen molar-refractivity contribution in [2.75, 3.05) is 0 Å². The Hall–Kier alpha value is -1.08. The van der Waals surface area contributed by atoms with Crippen LogP contribution in [-0.2, 0) is 6.54 Å². The van der Waals surface area contributed by atoms with Crippen molar-refractivity contribution in [1.82, 2.24) is 5.32 Å². The Kier molecular flexibility index (Phi) is 4.75. The molecule has 1 aromatic carbocycles. The third-order valence-electron chi connectivity index (χ3n) is 3.38. The van der Waals surface area contributed by atoms with Crippen molar-refractivity contribution in [1.29, 1.82) is 0 Å². The van der Waals surface area contributed by atoms with Gasteiger partial charge in [0.1, 0.15) is 0 Å². The summed E-state index contributed by atoms with van der Waals surface area (Å²) in [6.45, 7) is 11.5. The summed E-state index contributed by atoms with van der Waals surface area (Å²) >= 11 is 0. The highest BCUT2D eigenvalue weighted by atomic mass is 15.0. The lowest BCUT2D eigenvalue weighted by atomic mass is 9.85. The first-order valence-electron chi connectivity index (χ1n) is 5.98. The number of hydrogen-bond acceptors (Lipinski definition) is 1. The van der Waals surface area contributed by atoms with Crippen LogP contribution in [0.4, 0.5) is 0 Å². The molecule has 0 aliphatic carbocycles. The lowest BCUT2D eigenvalue weighted by Crippen LogP contribution is -2.46. The number of nitrogens with one attached hydrogen (secondary N) is 1. The van der Waals surface area contributed by atoms with Crippen molar-refractivity contribution in [3.63, 3.8) is 0 Å². The Morgan fingerprint density at radius 2 is 1.94 bits per heavy atom. The van der Waals surface area contributed by atoms with E-state index in [0.717, 1.165) is 13.0 Å². The normalized spacial score (nSPS) is 14.8. The van der Waals surface area contributed by atoms with E-state index in [1.807, 2.05) is 6.08 Å². The Morgan fingerprint density at radius 3 is 2.44 bits per heavy atom. The molecular weight excluding hydrogens is 194 g/mol. The van der Waals surface area contributed by atoms with E-state index in [2.05, 4.69) is 63.0 Å². The van der Waals surface area contributed by atoms with Gasteiger partial charge in [-0.25, -0.2) is 0 Å². The summed E-state index contributed by atoms with van der Waals surface area (Å²) < 4.78 is 0. The molecule has 0 spiro atoms. The van der Waals surface area contributed by atoms with Gasteiger partial charge < -0.3 is 5.32 Å². The molecule has 0 saturated carbocycles. The summed E-state index contributed by atoms with van der Waals surface area (Å²) in [7, 11) is 0. The van der Waals surface area contributed by atoms with E-state index in [4.69, 9.17) is 0 Å². The SMILES string of the molecule is C=CCC(C)(NCc1ccccc1)C(C)C. The maximum atomic E-state index is 3.84. The van der Waals surface area contributed by atoms with Gasteiger partial charge >= 0.3 is 0 Å². The van der Waals surface area contributed by atoms with Crippen molar-refractivity contribution >= 4 is 0 Å². The minimum atomic E-state index is 0.136. The zero-order valence-electron chi connectivity index (χ0n) is 10.7. The Balaban J connectivity index is 2.60.